The molecule has 192 valence electrons. The molecule has 1 aliphatic rings. The molecule has 1 unspecified atom stereocenters. The van der Waals surface area contributed by atoms with Gasteiger partial charge in [0.1, 0.15) is 0 Å². The number of hydrogen-bond donors (Lipinski definition) is 2. The van der Waals surface area contributed by atoms with Gasteiger partial charge in [-0.1, -0.05) is 0 Å². The van der Waals surface area contributed by atoms with Gasteiger partial charge in [0.25, 0.3) is 0 Å². The molecule has 0 aliphatic carbocycles. The third-order valence-electron chi connectivity index (χ3n) is 4.49. The number of carboxylic acids is 2. The highest BCUT2D eigenvalue weighted by Crippen LogP contribution is 2.31. The number of thiazole rings is 1. The summed E-state index contributed by atoms with van der Waals surface area (Å²) in [5, 5.41) is 18.7. The van der Waals surface area contributed by atoms with Crippen molar-refractivity contribution >= 4 is 23.3 Å². The highest BCUT2D eigenvalue weighted by atomic mass is 32.1. The largest absolute Gasteiger partial charge is 0.490 e. The molecule has 16 heteroatoms. The zero-order valence-electron chi connectivity index (χ0n) is 18.1. The van der Waals surface area contributed by atoms with Crippen LogP contribution in [0.1, 0.15) is 27.9 Å². The Morgan fingerprint density at radius 1 is 1.18 bits per heavy atom. The van der Waals surface area contributed by atoms with Crippen molar-refractivity contribution in [1.82, 2.24) is 19.7 Å². The summed E-state index contributed by atoms with van der Waals surface area (Å²) in [5.74, 6) is -5.51. The van der Waals surface area contributed by atoms with Gasteiger partial charge >= 0.3 is 24.3 Å². The molecule has 0 spiro atoms. The SMILES string of the molecule is COCC1c2c(cnn2C)CCN1Cc1scnc1C.O=C(O)C(F)(F)F.O=C(O)C(F)(F)F. The molecule has 2 aromatic heterocycles. The van der Waals surface area contributed by atoms with Crippen molar-refractivity contribution in [1.29, 1.82) is 0 Å². The predicted octanol–water partition coefficient (Wildman–Crippen LogP) is 3.20. The molecule has 3 rings (SSSR count). The molecular weight excluding hydrogens is 498 g/mol. The fourth-order valence-electron chi connectivity index (χ4n) is 2.90. The number of carbonyl (C=O) groups is 2. The number of aryl methyl sites for hydroxylation is 2. The zero-order chi connectivity index (χ0) is 26.3. The van der Waals surface area contributed by atoms with E-state index < -0.39 is 24.3 Å². The van der Waals surface area contributed by atoms with Crippen LogP contribution in [-0.2, 0) is 34.3 Å². The smallest absolute Gasteiger partial charge is 0.475 e. The number of nitrogens with zero attached hydrogens (tertiary/aromatic N) is 4. The molecule has 0 amide bonds. The first-order valence-electron chi connectivity index (χ1n) is 9.32. The highest BCUT2D eigenvalue weighted by molar-refractivity contribution is 7.09. The van der Waals surface area contributed by atoms with Crippen molar-refractivity contribution in [2.24, 2.45) is 7.05 Å². The third kappa shape index (κ3) is 8.57. The molecule has 9 nitrogen and oxygen atoms in total. The van der Waals surface area contributed by atoms with E-state index in [0.29, 0.717) is 6.61 Å². The van der Waals surface area contributed by atoms with E-state index in [1.807, 2.05) is 23.4 Å². The molecule has 1 aliphatic heterocycles. The standard InChI is InChI=1S/C14H20N4OS.2C2HF3O2/c1-10-13(20-9-15-10)7-18-5-4-11-6-16-17(2)14(11)12(18)8-19-3;2*3-2(4,5)1(6)7/h6,9,12H,4-5,7-8H2,1-3H3;2*(H,6,7). The Hall–Kier alpha value is -2.72. The molecule has 0 saturated carbocycles. The van der Waals surface area contributed by atoms with Gasteiger partial charge < -0.3 is 14.9 Å². The summed E-state index contributed by atoms with van der Waals surface area (Å²) in [5.41, 5.74) is 5.71. The van der Waals surface area contributed by atoms with E-state index in [1.165, 1.54) is 16.1 Å². The number of carboxylic acid groups (broad SMARTS) is 2. The summed E-state index contributed by atoms with van der Waals surface area (Å²) in [6.07, 6.45) is -7.12. The molecule has 1 atom stereocenters. The van der Waals surface area contributed by atoms with Crippen LogP contribution in [0.5, 0.6) is 0 Å². The van der Waals surface area contributed by atoms with Crippen LogP contribution in [-0.4, -0.2) is 74.4 Å². The Morgan fingerprint density at radius 2 is 1.71 bits per heavy atom. The molecule has 34 heavy (non-hydrogen) atoms. The maximum Gasteiger partial charge on any atom is 0.490 e. The second kappa shape index (κ2) is 12.1. The van der Waals surface area contributed by atoms with E-state index >= 15 is 0 Å². The lowest BCUT2D eigenvalue weighted by atomic mass is 10.00. The minimum atomic E-state index is -5.08. The number of halogens is 6. The summed E-state index contributed by atoms with van der Waals surface area (Å²) in [4.78, 5) is 26.0. The van der Waals surface area contributed by atoms with Crippen molar-refractivity contribution < 1.29 is 50.9 Å². The first-order valence-corrected chi connectivity index (χ1v) is 10.2. The van der Waals surface area contributed by atoms with Gasteiger partial charge in [0, 0.05) is 32.1 Å². The van der Waals surface area contributed by atoms with E-state index in [1.54, 1.807) is 18.4 Å². The second-order valence-electron chi connectivity index (χ2n) is 6.84. The predicted molar refractivity (Wildman–Crippen MR) is 106 cm³/mol. The van der Waals surface area contributed by atoms with Crippen LogP contribution in [0.2, 0.25) is 0 Å². The quantitative estimate of drug-likeness (QED) is 0.591. The Morgan fingerprint density at radius 3 is 2.12 bits per heavy atom. The number of alkyl halides is 6. The number of methoxy groups -OCH3 is 1. The zero-order valence-corrected chi connectivity index (χ0v) is 19.0. The van der Waals surface area contributed by atoms with E-state index in [9.17, 15) is 26.3 Å². The maximum absolute atomic E-state index is 10.6. The topological polar surface area (TPSA) is 118 Å². The van der Waals surface area contributed by atoms with E-state index in [2.05, 4.69) is 21.9 Å². The van der Waals surface area contributed by atoms with Gasteiger partial charge in [-0.2, -0.15) is 31.4 Å². The van der Waals surface area contributed by atoms with Gasteiger partial charge in [0.2, 0.25) is 0 Å². The summed E-state index contributed by atoms with van der Waals surface area (Å²) < 4.78 is 70.9. The molecule has 0 bridgehead atoms. The van der Waals surface area contributed by atoms with Crippen LogP contribution in [0, 0.1) is 6.92 Å². The van der Waals surface area contributed by atoms with Gasteiger partial charge in [-0.3, -0.25) is 9.58 Å². The molecule has 2 N–H and O–H groups in total. The van der Waals surface area contributed by atoms with Crippen LogP contribution in [0.4, 0.5) is 26.3 Å². The van der Waals surface area contributed by atoms with Gasteiger partial charge in [-0.05, 0) is 18.9 Å². The number of aromatic nitrogens is 3. The van der Waals surface area contributed by atoms with E-state index in [-0.39, 0.29) is 6.04 Å². The highest BCUT2D eigenvalue weighted by Gasteiger charge is 2.39. The summed E-state index contributed by atoms with van der Waals surface area (Å²) in [7, 11) is 3.78. The molecular formula is C18H22F6N4O5S. The van der Waals surface area contributed by atoms with Gasteiger partial charge in [0.05, 0.1) is 35.7 Å². The van der Waals surface area contributed by atoms with Crippen LogP contribution in [0.3, 0.4) is 0 Å². The van der Waals surface area contributed by atoms with Crippen LogP contribution < -0.4 is 0 Å². The van der Waals surface area contributed by atoms with Gasteiger partial charge in [-0.25, -0.2) is 14.6 Å². The lowest BCUT2D eigenvalue weighted by Crippen LogP contribution is -2.38. The monoisotopic (exact) mass is 520 g/mol. The number of aliphatic carboxylic acids is 2. The van der Waals surface area contributed by atoms with Crippen molar-refractivity contribution in [2.45, 2.75) is 38.3 Å². The van der Waals surface area contributed by atoms with Crippen molar-refractivity contribution in [3.8, 4) is 0 Å². The minimum Gasteiger partial charge on any atom is -0.475 e. The third-order valence-corrected chi connectivity index (χ3v) is 5.41. The minimum absolute atomic E-state index is 0.276. The molecule has 0 aromatic carbocycles. The summed E-state index contributed by atoms with van der Waals surface area (Å²) in [6, 6.07) is 0.276. The average molecular weight is 520 g/mol. The van der Waals surface area contributed by atoms with Crippen molar-refractivity contribution in [2.75, 3.05) is 20.3 Å². The number of rotatable bonds is 4. The molecule has 2 aromatic rings. The number of ether oxygens (including phenoxy) is 1. The molecule has 0 saturated heterocycles. The van der Waals surface area contributed by atoms with Crippen molar-refractivity contribution in [3.63, 3.8) is 0 Å². The van der Waals surface area contributed by atoms with E-state index in [0.717, 1.165) is 25.2 Å². The first-order chi connectivity index (χ1) is 15.6. The van der Waals surface area contributed by atoms with Crippen LogP contribution >= 0.6 is 11.3 Å². The molecule has 0 radical (unpaired) electrons. The number of fused-ring (bicyclic) bond motifs is 1. The Labute approximate surface area is 193 Å². The lowest BCUT2D eigenvalue weighted by Gasteiger charge is -2.35. The average Bonchev–Trinajstić information content (AvgIpc) is 3.29. The lowest BCUT2D eigenvalue weighted by molar-refractivity contribution is -0.193. The maximum atomic E-state index is 10.6. The normalized spacial score (nSPS) is 16.0. The second-order valence-corrected chi connectivity index (χ2v) is 7.78. The Balaban J connectivity index is 0.000000343. The molecule has 3 heterocycles. The first kappa shape index (κ1) is 29.3. The van der Waals surface area contributed by atoms with Crippen molar-refractivity contribution in [3.05, 3.63) is 33.5 Å². The summed E-state index contributed by atoms with van der Waals surface area (Å²) in [6.45, 7) is 4.76. The van der Waals surface area contributed by atoms with E-state index in [4.69, 9.17) is 24.5 Å². The van der Waals surface area contributed by atoms with Crippen LogP contribution in [0.15, 0.2) is 11.7 Å². The number of hydrogen-bond acceptors (Lipinski definition) is 7. The Bertz CT molecular complexity index is 936. The fraction of sp³-hybridized carbons (Fsp3) is 0.556. The fourth-order valence-corrected chi connectivity index (χ4v) is 3.70. The Kier molecular flexibility index (Phi) is 10.4. The summed E-state index contributed by atoms with van der Waals surface area (Å²) >= 11 is 1.73. The van der Waals surface area contributed by atoms with Gasteiger partial charge in [0.15, 0.2) is 0 Å². The molecule has 0 fully saturated rings. The van der Waals surface area contributed by atoms with Gasteiger partial charge in [-0.15, -0.1) is 11.3 Å². The van der Waals surface area contributed by atoms with Crippen LogP contribution in [0.25, 0.3) is 0 Å².